The molecule has 0 unspecified atom stereocenters. The smallest absolute Gasteiger partial charge is 0.329 e. The van der Waals surface area contributed by atoms with E-state index in [0.717, 1.165) is 60.0 Å². The summed E-state index contributed by atoms with van der Waals surface area (Å²) in [6.07, 6.45) is 4.16. The number of hydrogen-bond donors (Lipinski definition) is 2. The Morgan fingerprint density at radius 3 is 2.39 bits per heavy atom. The number of nitrogens with zero attached hydrogens (tertiary/aromatic N) is 2. The van der Waals surface area contributed by atoms with Gasteiger partial charge in [0.2, 0.25) is 0 Å². The third kappa shape index (κ3) is 7.79. The van der Waals surface area contributed by atoms with Crippen molar-refractivity contribution in [2.75, 3.05) is 27.2 Å². The molecule has 1 amide bonds. The number of carbonyl (C=O) groups excluding carboxylic acids is 1. The summed E-state index contributed by atoms with van der Waals surface area (Å²) < 4.78 is 6.02. The van der Waals surface area contributed by atoms with Crippen molar-refractivity contribution in [2.45, 2.75) is 57.9 Å². The Kier molecular flexibility index (Phi) is 11.2. The Balaban J connectivity index is 0.00000462. The first-order chi connectivity index (χ1) is 19.1. The van der Waals surface area contributed by atoms with Gasteiger partial charge in [-0.3, -0.25) is 4.79 Å². The molecule has 9 heteroatoms. The van der Waals surface area contributed by atoms with Gasteiger partial charge < -0.3 is 20.1 Å². The number of hydrogen-bond acceptors (Lipinski definition) is 5. The monoisotopic (exact) mass is 599 g/mol. The topological polar surface area (TPSA) is 91.8 Å². The standard InChI is InChI=1S/C32H38ClN3O4.ClH/c1-21-9-11-24(22(2)19-21)25-12-14-27(30(37)35-32(31(38)39)15-6-5-7-16-32)34-29(25)23-10-13-26(33)28(20-23)40-18-8-17-36(3)4;/h9-14,19-20H,5-8,15-18H2,1-4H3,(H,35,37)(H,38,39);1H. The second-order valence-corrected chi connectivity index (χ2v) is 11.4. The first-order valence-corrected chi connectivity index (χ1v) is 14.2. The Hall–Kier alpha value is -3.13. The minimum absolute atomic E-state index is 0. The summed E-state index contributed by atoms with van der Waals surface area (Å²) in [5, 5.41) is 13.3. The number of aryl methyl sites for hydroxylation is 2. The summed E-state index contributed by atoms with van der Waals surface area (Å²) in [5.74, 6) is -0.943. The molecule has 0 spiro atoms. The molecule has 41 heavy (non-hydrogen) atoms. The molecule has 7 nitrogen and oxygen atoms in total. The minimum atomic E-state index is -1.27. The SMILES string of the molecule is Cc1ccc(-c2ccc(C(=O)NC3(C(=O)O)CCCCC3)nc2-c2ccc(Cl)c(OCCCN(C)C)c2)c(C)c1.Cl. The van der Waals surface area contributed by atoms with Crippen LogP contribution >= 0.6 is 24.0 Å². The van der Waals surface area contributed by atoms with E-state index in [-0.39, 0.29) is 18.1 Å². The van der Waals surface area contributed by atoms with Crippen molar-refractivity contribution in [2.24, 2.45) is 0 Å². The number of aliphatic carboxylic acids is 1. The molecule has 1 aromatic heterocycles. The van der Waals surface area contributed by atoms with Gasteiger partial charge in [0.1, 0.15) is 17.0 Å². The molecule has 0 bridgehead atoms. The van der Waals surface area contributed by atoms with Gasteiger partial charge in [0.15, 0.2) is 0 Å². The number of rotatable bonds is 10. The predicted molar refractivity (Wildman–Crippen MR) is 166 cm³/mol. The molecule has 1 aliphatic rings. The molecule has 3 aromatic rings. The quantitative estimate of drug-likeness (QED) is 0.245. The molecule has 0 aliphatic heterocycles. The van der Waals surface area contributed by atoms with E-state index in [1.54, 1.807) is 12.1 Å². The number of carboxylic acids is 1. The maximum atomic E-state index is 13.4. The zero-order valence-corrected chi connectivity index (χ0v) is 25.7. The van der Waals surface area contributed by atoms with E-state index in [1.807, 2.05) is 52.2 Å². The highest BCUT2D eigenvalue weighted by Crippen LogP contribution is 2.37. The van der Waals surface area contributed by atoms with Crippen molar-refractivity contribution in [3.8, 4) is 28.1 Å². The number of benzene rings is 2. The van der Waals surface area contributed by atoms with Gasteiger partial charge in [0.25, 0.3) is 5.91 Å². The summed E-state index contributed by atoms with van der Waals surface area (Å²) in [7, 11) is 4.03. The highest BCUT2D eigenvalue weighted by Gasteiger charge is 2.41. The fourth-order valence-corrected chi connectivity index (χ4v) is 5.46. The molecule has 1 aliphatic carbocycles. The Morgan fingerprint density at radius 2 is 1.73 bits per heavy atom. The van der Waals surface area contributed by atoms with Gasteiger partial charge in [-0.2, -0.15) is 0 Å². The summed E-state index contributed by atoms with van der Waals surface area (Å²) in [6.45, 7) is 5.50. The molecule has 0 saturated heterocycles. The van der Waals surface area contributed by atoms with Crippen molar-refractivity contribution in [3.63, 3.8) is 0 Å². The molecule has 1 fully saturated rings. The molecule has 2 aromatic carbocycles. The predicted octanol–water partition coefficient (Wildman–Crippen LogP) is 6.96. The fourth-order valence-electron chi connectivity index (χ4n) is 5.29. The lowest BCUT2D eigenvalue weighted by molar-refractivity contribution is -0.145. The van der Waals surface area contributed by atoms with Gasteiger partial charge in [-0.1, -0.05) is 60.7 Å². The Labute approximate surface area is 253 Å². The average molecular weight is 601 g/mol. The molecule has 2 N–H and O–H groups in total. The van der Waals surface area contributed by atoms with E-state index in [2.05, 4.69) is 22.3 Å². The van der Waals surface area contributed by atoms with Gasteiger partial charge in [0, 0.05) is 17.7 Å². The van der Waals surface area contributed by atoms with Gasteiger partial charge in [-0.05, 0) is 82.6 Å². The first-order valence-electron chi connectivity index (χ1n) is 13.8. The summed E-state index contributed by atoms with van der Waals surface area (Å²) >= 11 is 6.48. The Morgan fingerprint density at radius 1 is 1.02 bits per heavy atom. The highest BCUT2D eigenvalue weighted by molar-refractivity contribution is 6.32. The van der Waals surface area contributed by atoms with Gasteiger partial charge in [0.05, 0.1) is 17.3 Å². The van der Waals surface area contributed by atoms with Crippen LogP contribution in [0.15, 0.2) is 48.5 Å². The lowest BCUT2D eigenvalue weighted by Crippen LogP contribution is -2.55. The fraction of sp³-hybridized carbons (Fsp3) is 0.406. The molecular weight excluding hydrogens is 561 g/mol. The molecule has 1 heterocycles. The van der Waals surface area contributed by atoms with Gasteiger partial charge in [-0.15, -0.1) is 12.4 Å². The molecular formula is C32H39Cl2N3O4. The molecule has 4 rings (SSSR count). The number of ether oxygens (including phenoxy) is 1. The average Bonchev–Trinajstić information content (AvgIpc) is 2.92. The van der Waals surface area contributed by atoms with Crippen LogP contribution in [0.4, 0.5) is 0 Å². The second kappa shape index (κ2) is 14.2. The summed E-state index contributed by atoms with van der Waals surface area (Å²) in [6, 6.07) is 15.3. The zero-order valence-electron chi connectivity index (χ0n) is 24.1. The van der Waals surface area contributed by atoms with E-state index in [0.29, 0.717) is 35.9 Å². The van der Waals surface area contributed by atoms with Crippen LogP contribution < -0.4 is 10.1 Å². The lowest BCUT2D eigenvalue weighted by Gasteiger charge is -2.33. The highest BCUT2D eigenvalue weighted by atomic mass is 35.5. The molecule has 220 valence electrons. The van der Waals surface area contributed by atoms with E-state index >= 15 is 0 Å². The normalized spacial score (nSPS) is 14.3. The lowest BCUT2D eigenvalue weighted by atomic mass is 9.81. The van der Waals surface area contributed by atoms with E-state index in [1.165, 1.54) is 0 Å². The van der Waals surface area contributed by atoms with Crippen LogP contribution in [0.2, 0.25) is 5.02 Å². The van der Waals surface area contributed by atoms with Crippen LogP contribution in [-0.4, -0.2) is 59.7 Å². The largest absolute Gasteiger partial charge is 0.492 e. The van der Waals surface area contributed by atoms with Crippen molar-refractivity contribution in [3.05, 3.63) is 70.4 Å². The van der Waals surface area contributed by atoms with E-state index in [9.17, 15) is 14.7 Å². The number of aromatic nitrogens is 1. The van der Waals surface area contributed by atoms with Crippen molar-refractivity contribution in [1.29, 1.82) is 0 Å². The van der Waals surface area contributed by atoms with Crippen LogP contribution in [0, 0.1) is 13.8 Å². The minimum Gasteiger partial charge on any atom is -0.492 e. The number of carboxylic acid groups (broad SMARTS) is 1. The number of halogens is 2. The molecule has 0 radical (unpaired) electrons. The van der Waals surface area contributed by atoms with Gasteiger partial charge >= 0.3 is 5.97 Å². The van der Waals surface area contributed by atoms with Crippen LogP contribution in [0.3, 0.4) is 0 Å². The Bertz CT molecular complexity index is 1390. The van der Waals surface area contributed by atoms with Crippen LogP contribution in [0.5, 0.6) is 5.75 Å². The van der Waals surface area contributed by atoms with Crippen LogP contribution in [0.25, 0.3) is 22.4 Å². The third-order valence-electron chi connectivity index (χ3n) is 7.48. The summed E-state index contributed by atoms with van der Waals surface area (Å²) in [4.78, 5) is 32.5. The zero-order chi connectivity index (χ0) is 28.9. The van der Waals surface area contributed by atoms with E-state index < -0.39 is 17.4 Å². The van der Waals surface area contributed by atoms with Crippen LogP contribution in [0.1, 0.15) is 60.1 Å². The van der Waals surface area contributed by atoms with Gasteiger partial charge in [-0.25, -0.2) is 9.78 Å². The number of pyridine rings is 1. The molecule has 0 atom stereocenters. The second-order valence-electron chi connectivity index (χ2n) is 11.0. The third-order valence-corrected chi connectivity index (χ3v) is 7.79. The first kappa shape index (κ1) is 32.4. The summed E-state index contributed by atoms with van der Waals surface area (Å²) in [5.41, 5.74) is 4.35. The van der Waals surface area contributed by atoms with Crippen molar-refractivity contribution in [1.82, 2.24) is 15.2 Å². The molecule has 1 saturated carbocycles. The number of amides is 1. The van der Waals surface area contributed by atoms with Crippen molar-refractivity contribution >= 4 is 35.9 Å². The number of carbonyl (C=O) groups is 2. The van der Waals surface area contributed by atoms with Crippen LogP contribution in [-0.2, 0) is 4.79 Å². The maximum Gasteiger partial charge on any atom is 0.329 e. The maximum absolute atomic E-state index is 13.4. The number of nitrogens with one attached hydrogen (secondary N) is 1. The van der Waals surface area contributed by atoms with Crippen molar-refractivity contribution < 1.29 is 19.4 Å². The van der Waals surface area contributed by atoms with E-state index in [4.69, 9.17) is 21.3 Å².